The van der Waals surface area contributed by atoms with Gasteiger partial charge in [-0.25, -0.2) is 0 Å². The average Bonchev–Trinajstić information content (AvgIpc) is 2.12. The highest BCUT2D eigenvalue weighted by molar-refractivity contribution is 4.54. The lowest BCUT2D eigenvalue weighted by Crippen LogP contribution is -2.41. The van der Waals surface area contributed by atoms with E-state index in [1.807, 2.05) is 17.1 Å². The minimum absolute atomic E-state index is 0.305. The van der Waals surface area contributed by atoms with Crippen molar-refractivity contribution in [3.8, 4) is 0 Å². The molecule has 0 bridgehead atoms. The molecule has 0 aliphatic heterocycles. The van der Waals surface area contributed by atoms with Crippen LogP contribution in [0.15, 0.2) is 12.4 Å². The van der Waals surface area contributed by atoms with Gasteiger partial charge < -0.3 is 0 Å². The van der Waals surface area contributed by atoms with E-state index in [4.69, 9.17) is 0 Å². The van der Waals surface area contributed by atoms with Crippen LogP contribution >= 0.6 is 0 Å². The number of hydrogen-bond acceptors (Lipinski definition) is 1. The van der Waals surface area contributed by atoms with Crippen molar-refractivity contribution in [2.45, 2.75) is 27.3 Å². The number of aromatic nitrogens is 3. The molecule has 0 amide bonds. The quantitative estimate of drug-likeness (QED) is 0.573. The van der Waals surface area contributed by atoms with Crippen molar-refractivity contribution in [2.24, 2.45) is 5.41 Å². The van der Waals surface area contributed by atoms with Crippen molar-refractivity contribution < 1.29 is 4.68 Å². The van der Waals surface area contributed by atoms with Crippen LogP contribution in [-0.4, -0.2) is 10.3 Å². The van der Waals surface area contributed by atoms with E-state index in [9.17, 15) is 0 Å². The molecule has 0 saturated carbocycles. The van der Waals surface area contributed by atoms with Crippen molar-refractivity contribution >= 4 is 0 Å². The molecule has 10 heavy (non-hydrogen) atoms. The Bertz CT molecular complexity index is 183. The minimum Gasteiger partial charge on any atom is -0.151 e. The lowest BCUT2D eigenvalue weighted by molar-refractivity contribution is -0.763. The van der Waals surface area contributed by atoms with Crippen LogP contribution in [0.25, 0.3) is 0 Å². The van der Waals surface area contributed by atoms with Gasteiger partial charge in [0.05, 0.1) is 5.21 Å². The number of rotatable bonds is 1. The third kappa shape index (κ3) is 2.17. The minimum atomic E-state index is 0.305. The summed E-state index contributed by atoms with van der Waals surface area (Å²) in [4.78, 5) is 0. The van der Waals surface area contributed by atoms with Gasteiger partial charge in [-0.1, -0.05) is 20.8 Å². The second-order valence-electron chi connectivity index (χ2n) is 3.70. The fraction of sp³-hybridized carbons (Fsp3) is 0.714. The van der Waals surface area contributed by atoms with Gasteiger partial charge in [0.1, 0.15) is 6.54 Å². The van der Waals surface area contributed by atoms with Gasteiger partial charge in [0.2, 0.25) is 0 Å². The van der Waals surface area contributed by atoms with Gasteiger partial charge in [-0.15, -0.1) is 4.68 Å². The maximum absolute atomic E-state index is 3.99. The molecule has 0 aromatic carbocycles. The molecular formula is C7H14N3+. The predicted octanol–water partition coefficient (Wildman–Crippen LogP) is 0.743. The van der Waals surface area contributed by atoms with Crippen LogP contribution in [0.5, 0.6) is 0 Å². The molecule has 3 nitrogen and oxygen atoms in total. The fourth-order valence-electron chi connectivity index (χ4n) is 0.834. The first-order valence-corrected chi connectivity index (χ1v) is 3.47. The Hall–Kier alpha value is -0.860. The van der Waals surface area contributed by atoms with E-state index in [1.54, 1.807) is 0 Å². The zero-order valence-corrected chi connectivity index (χ0v) is 6.76. The summed E-state index contributed by atoms with van der Waals surface area (Å²) >= 11 is 0. The zero-order valence-electron chi connectivity index (χ0n) is 6.76. The van der Waals surface area contributed by atoms with Crippen LogP contribution in [0.2, 0.25) is 0 Å². The van der Waals surface area contributed by atoms with Gasteiger partial charge in [-0.2, -0.15) is 5.10 Å². The molecule has 1 heterocycles. The van der Waals surface area contributed by atoms with E-state index in [-0.39, 0.29) is 0 Å². The molecule has 0 aliphatic rings. The Morgan fingerprint density at radius 1 is 1.50 bits per heavy atom. The first-order valence-electron chi connectivity index (χ1n) is 3.47. The van der Waals surface area contributed by atoms with Crippen LogP contribution in [0, 0.1) is 5.41 Å². The van der Waals surface area contributed by atoms with Gasteiger partial charge >= 0.3 is 0 Å². The maximum Gasteiger partial charge on any atom is 0.154 e. The Kier molecular flexibility index (Phi) is 1.74. The molecule has 1 aromatic rings. The highest BCUT2D eigenvalue weighted by Crippen LogP contribution is 2.11. The second kappa shape index (κ2) is 2.40. The van der Waals surface area contributed by atoms with E-state index in [1.165, 1.54) is 0 Å². The molecule has 0 unspecified atom stereocenters. The molecule has 3 heteroatoms. The van der Waals surface area contributed by atoms with Crippen molar-refractivity contribution in [2.75, 3.05) is 0 Å². The summed E-state index contributed by atoms with van der Waals surface area (Å²) in [5.74, 6) is 0. The van der Waals surface area contributed by atoms with Crippen LogP contribution in [0.4, 0.5) is 0 Å². The third-order valence-corrected chi connectivity index (χ3v) is 1.14. The summed E-state index contributed by atoms with van der Waals surface area (Å²) in [6.45, 7) is 7.52. The lowest BCUT2D eigenvalue weighted by Gasteiger charge is -2.12. The van der Waals surface area contributed by atoms with Gasteiger partial charge in [-0.3, -0.25) is 0 Å². The number of nitrogens with zero attached hydrogens (tertiary/aromatic N) is 2. The van der Waals surface area contributed by atoms with Crippen LogP contribution in [0.3, 0.4) is 0 Å². The summed E-state index contributed by atoms with van der Waals surface area (Å²) in [6.07, 6.45) is 3.76. The SMILES string of the molecule is CC(C)(C)C[n+]1cc[nH]n1. The molecule has 56 valence electrons. The predicted molar refractivity (Wildman–Crippen MR) is 38.2 cm³/mol. The molecule has 0 fully saturated rings. The second-order valence-corrected chi connectivity index (χ2v) is 3.70. The summed E-state index contributed by atoms with van der Waals surface area (Å²) in [7, 11) is 0. The van der Waals surface area contributed by atoms with Gasteiger partial charge in [0.25, 0.3) is 0 Å². The standard InChI is InChI=1S/C7H13N3/c1-7(2,3)6-10-5-4-8-9-10/h4-5H,6H2,1-3H3/p+1. The monoisotopic (exact) mass is 140 g/mol. The summed E-state index contributed by atoms with van der Waals surface area (Å²) in [6, 6.07) is 0. The number of nitrogens with one attached hydrogen (secondary N) is 1. The number of H-pyrrole nitrogens is 1. The van der Waals surface area contributed by atoms with Gasteiger partial charge in [0, 0.05) is 5.41 Å². The molecule has 0 aliphatic carbocycles. The molecule has 1 N–H and O–H groups in total. The van der Waals surface area contributed by atoms with Crippen molar-refractivity contribution in [1.29, 1.82) is 0 Å². The first kappa shape index (κ1) is 7.25. The van der Waals surface area contributed by atoms with Crippen molar-refractivity contribution in [3.63, 3.8) is 0 Å². The molecule has 1 aromatic heterocycles. The Morgan fingerprint density at radius 3 is 2.60 bits per heavy atom. The number of hydrogen-bond donors (Lipinski definition) is 1. The van der Waals surface area contributed by atoms with Gasteiger partial charge in [0.15, 0.2) is 12.4 Å². The largest absolute Gasteiger partial charge is 0.154 e. The Balaban J connectivity index is 2.57. The molecule has 0 saturated heterocycles. The fourth-order valence-corrected chi connectivity index (χ4v) is 0.834. The summed E-state index contributed by atoms with van der Waals surface area (Å²) < 4.78 is 1.90. The molecule has 0 spiro atoms. The van der Waals surface area contributed by atoms with E-state index < -0.39 is 0 Å². The van der Waals surface area contributed by atoms with Crippen molar-refractivity contribution in [1.82, 2.24) is 10.3 Å². The number of aromatic amines is 1. The normalized spacial score (nSPS) is 11.9. The zero-order chi connectivity index (χ0) is 7.61. The maximum atomic E-state index is 3.99. The van der Waals surface area contributed by atoms with Crippen LogP contribution in [0.1, 0.15) is 20.8 Å². The Morgan fingerprint density at radius 2 is 2.20 bits per heavy atom. The lowest BCUT2D eigenvalue weighted by atomic mass is 9.97. The Labute approximate surface area is 61.1 Å². The average molecular weight is 140 g/mol. The molecule has 0 radical (unpaired) electrons. The first-order chi connectivity index (χ1) is 4.58. The summed E-state index contributed by atoms with van der Waals surface area (Å²) in [5.41, 5.74) is 0.305. The summed E-state index contributed by atoms with van der Waals surface area (Å²) in [5, 5.41) is 6.76. The van der Waals surface area contributed by atoms with Crippen molar-refractivity contribution in [3.05, 3.63) is 12.4 Å². The van der Waals surface area contributed by atoms with E-state index in [2.05, 4.69) is 31.1 Å². The molecule has 0 atom stereocenters. The highest BCUT2D eigenvalue weighted by atomic mass is 15.4. The van der Waals surface area contributed by atoms with E-state index >= 15 is 0 Å². The molecular weight excluding hydrogens is 126 g/mol. The highest BCUT2D eigenvalue weighted by Gasteiger charge is 2.14. The topological polar surface area (TPSA) is 32.6 Å². The van der Waals surface area contributed by atoms with Gasteiger partial charge in [-0.05, 0) is 0 Å². The van der Waals surface area contributed by atoms with Crippen LogP contribution < -0.4 is 4.68 Å². The van der Waals surface area contributed by atoms with E-state index in [0.29, 0.717) is 5.41 Å². The third-order valence-electron chi connectivity index (χ3n) is 1.14. The van der Waals surface area contributed by atoms with Crippen LogP contribution in [-0.2, 0) is 6.54 Å². The molecule has 1 rings (SSSR count). The van der Waals surface area contributed by atoms with E-state index in [0.717, 1.165) is 6.54 Å². The smallest absolute Gasteiger partial charge is 0.151 e.